The molecule has 1 saturated heterocycles. The van der Waals surface area contributed by atoms with Crippen LogP contribution in [0, 0.1) is 12.7 Å². The molecule has 0 bridgehead atoms. The first-order chi connectivity index (χ1) is 20.4. The van der Waals surface area contributed by atoms with Gasteiger partial charge in [0.05, 0.1) is 0 Å². The van der Waals surface area contributed by atoms with Crippen LogP contribution in [0.2, 0.25) is 0 Å². The zero-order valence-corrected chi connectivity index (χ0v) is 25.7. The van der Waals surface area contributed by atoms with Gasteiger partial charge in [-0.15, -0.1) is 0 Å². The van der Waals surface area contributed by atoms with Crippen LogP contribution in [0.5, 0.6) is 11.5 Å². The number of nitrogens with zero attached hydrogens (tertiary/aromatic N) is 1. The number of likely N-dealkylation sites (tertiary alicyclic amines) is 1. The summed E-state index contributed by atoms with van der Waals surface area (Å²) < 4.78 is 77.8. The van der Waals surface area contributed by atoms with E-state index in [9.17, 15) is 17.2 Å². The Morgan fingerprint density at radius 1 is 0.977 bits per heavy atom. The van der Waals surface area contributed by atoms with Gasteiger partial charge in [-0.25, -0.2) is 4.39 Å². The predicted molar refractivity (Wildman–Crippen MR) is 163 cm³/mol. The van der Waals surface area contributed by atoms with E-state index in [-0.39, 0.29) is 24.6 Å². The molecule has 1 aliphatic heterocycles. The van der Waals surface area contributed by atoms with Gasteiger partial charge < -0.3 is 8.92 Å². The Morgan fingerprint density at radius 3 is 2.40 bits per heavy atom. The van der Waals surface area contributed by atoms with E-state index in [4.69, 9.17) is 8.92 Å². The molecule has 1 atom stereocenters. The molecule has 230 valence electrons. The number of hydrogen-bond acceptors (Lipinski definition) is 5. The average molecular weight is 614 g/mol. The van der Waals surface area contributed by atoms with E-state index in [1.165, 1.54) is 31.0 Å². The van der Waals surface area contributed by atoms with Crippen LogP contribution in [-0.4, -0.2) is 44.3 Å². The molecule has 0 N–H and O–H groups in total. The van der Waals surface area contributed by atoms with Crippen molar-refractivity contribution in [3.8, 4) is 11.5 Å². The Morgan fingerprint density at radius 2 is 1.70 bits per heavy atom. The highest BCUT2D eigenvalue weighted by molar-refractivity contribution is 7.88. The molecule has 0 amide bonds. The summed E-state index contributed by atoms with van der Waals surface area (Å²) in [5.74, 6) is 0.261. The highest BCUT2D eigenvalue weighted by Crippen LogP contribution is 2.42. The van der Waals surface area contributed by atoms with Gasteiger partial charge in [-0.2, -0.15) is 17.2 Å². The van der Waals surface area contributed by atoms with E-state index < -0.39 is 15.4 Å². The summed E-state index contributed by atoms with van der Waals surface area (Å²) in [6.45, 7) is 7.34. The molecule has 1 unspecified atom stereocenters. The van der Waals surface area contributed by atoms with Crippen LogP contribution in [-0.2, 0) is 16.5 Å². The standard InChI is InChI=1S/C34H38F3NO4S/c1-4-5-18-38-19-17-28(22-38)41-26-12-10-24(11-13-26)33-29-16-14-27(42-43(39,40)34(3,36)37)21-25(29)7-6-8-31(33)30-15-9-23(2)20-32(30)35/h9-16,20-21,28H,4-8,17-19,22H2,1-3H3. The molecule has 0 saturated carbocycles. The fourth-order valence-corrected chi connectivity index (χ4v) is 6.35. The van der Waals surface area contributed by atoms with Crippen molar-refractivity contribution in [2.75, 3.05) is 19.6 Å². The minimum absolute atomic E-state index is 0.128. The second-order valence-corrected chi connectivity index (χ2v) is 13.4. The lowest BCUT2D eigenvalue weighted by atomic mass is 9.87. The molecule has 1 aliphatic carbocycles. The van der Waals surface area contributed by atoms with E-state index in [1.54, 1.807) is 12.1 Å². The maximum atomic E-state index is 15.4. The van der Waals surface area contributed by atoms with E-state index in [0.717, 1.165) is 65.2 Å². The number of ether oxygens (including phenoxy) is 1. The monoisotopic (exact) mass is 613 g/mol. The number of rotatable bonds is 10. The fraction of sp³-hybridized carbons (Fsp3) is 0.412. The molecule has 5 rings (SSSR count). The zero-order valence-electron chi connectivity index (χ0n) is 24.8. The van der Waals surface area contributed by atoms with Gasteiger partial charge in [0.1, 0.15) is 23.4 Å². The average Bonchev–Trinajstić information content (AvgIpc) is 3.30. The van der Waals surface area contributed by atoms with Crippen LogP contribution >= 0.6 is 0 Å². The van der Waals surface area contributed by atoms with Gasteiger partial charge in [-0.05, 0) is 109 Å². The summed E-state index contributed by atoms with van der Waals surface area (Å²) in [7, 11) is -5.15. The van der Waals surface area contributed by atoms with Crippen molar-refractivity contribution in [1.29, 1.82) is 0 Å². The molecule has 9 heteroatoms. The minimum atomic E-state index is -5.15. The maximum Gasteiger partial charge on any atom is 0.377 e. The Hall–Kier alpha value is -3.30. The van der Waals surface area contributed by atoms with Crippen molar-refractivity contribution in [1.82, 2.24) is 4.90 Å². The summed E-state index contributed by atoms with van der Waals surface area (Å²) >= 11 is 0. The molecule has 1 fully saturated rings. The van der Waals surface area contributed by atoms with Gasteiger partial charge >= 0.3 is 15.4 Å². The molecule has 0 spiro atoms. The van der Waals surface area contributed by atoms with Gasteiger partial charge in [-0.3, -0.25) is 4.90 Å². The Kier molecular flexibility index (Phi) is 9.23. The van der Waals surface area contributed by atoms with Crippen LogP contribution in [0.3, 0.4) is 0 Å². The first-order valence-corrected chi connectivity index (χ1v) is 16.3. The molecule has 43 heavy (non-hydrogen) atoms. The topological polar surface area (TPSA) is 55.8 Å². The maximum absolute atomic E-state index is 15.4. The lowest BCUT2D eigenvalue weighted by Gasteiger charge is -2.19. The molecule has 2 aliphatic rings. The SMILES string of the molecule is CCCCN1CCC(Oc2ccc(C3=C(c4ccc(C)cc4F)CCCc4cc(OS(=O)(=O)C(C)(F)F)ccc43)cc2)C1. The lowest BCUT2D eigenvalue weighted by Crippen LogP contribution is -2.29. The predicted octanol–water partition coefficient (Wildman–Crippen LogP) is 8.00. The van der Waals surface area contributed by atoms with Crippen LogP contribution in [0.1, 0.15) is 73.8 Å². The number of hydrogen-bond donors (Lipinski definition) is 0. The first kappa shape index (κ1) is 31.1. The fourth-order valence-electron chi connectivity index (χ4n) is 5.85. The van der Waals surface area contributed by atoms with Gasteiger partial charge in [0.25, 0.3) is 0 Å². The normalized spacial score (nSPS) is 18.0. The van der Waals surface area contributed by atoms with Crippen LogP contribution in [0.15, 0.2) is 60.7 Å². The second-order valence-electron chi connectivity index (χ2n) is 11.6. The molecule has 5 nitrogen and oxygen atoms in total. The van der Waals surface area contributed by atoms with Gasteiger partial charge in [0.2, 0.25) is 0 Å². The third-order valence-electron chi connectivity index (χ3n) is 8.12. The second kappa shape index (κ2) is 12.7. The third-order valence-corrected chi connectivity index (χ3v) is 9.41. The van der Waals surface area contributed by atoms with Crippen molar-refractivity contribution in [2.45, 2.75) is 70.7 Å². The number of fused-ring (bicyclic) bond motifs is 1. The molecular formula is C34H38F3NO4S. The zero-order chi connectivity index (χ0) is 30.8. The summed E-state index contributed by atoms with van der Waals surface area (Å²) in [6, 6.07) is 17.5. The smallest absolute Gasteiger partial charge is 0.377 e. The van der Waals surface area contributed by atoms with Crippen LogP contribution in [0.4, 0.5) is 13.2 Å². The minimum Gasteiger partial charge on any atom is -0.489 e. The largest absolute Gasteiger partial charge is 0.489 e. The van der Waals surface area contributed by atoms with E-state index in [1.807, 2.05) is 37.3 Å². The van der Waals surface area contributed by atoms with Crippen molar-refractivity contribution < 1.29 is 30.5 Å². The Balaban J connectivity index is 1.51. The van der Waals surface area contributed by atoms with Crippen molar-refractivity contribution >= 4 is 21.3 Å². The number of benzene rings is 3. The highest BCUT2D eigenvalue weighted by atomic mass is 32.2. The van der Waals surface area contributed by atoms with Crippen LogP contribution in [0.25, 0.3) is 11.1 Å². The number of alkyl halides is 2. The number of aryl methyl sites for hydroxylation is 2. The molecule has 0 aromatic heterocycles. The van der Waals surface area contributed by atoms with Gasteiger partial charge in [0, 0.05) is 25.6 Å². The summed E-state index contributed by atoms with van der Waals surface area (Å²) in [5, 5.41) is -4.04. The molecule has 3 aromatic carbocycles. The summed E-state index contributed by atoms with van der Waals surface area (Å²) in [6.07, 6.45) is 5.20. The molecular weight excluding hydrogens is 575 g/mol. The lowest BCUT2D eigenvalue weighted by molar-refractivity contribution is 0.104. The number of unbranched alkanes of at least 4 members (excludes halogenated alkanes) is 1. The Bertz CT molecular complexity index is 1600. The molecule has 3 aromatic rings. The van der Waals surface area contributed by atoms with E-state index in [0.29, 0.717) is 24.8 Å². The number of allylic oxidation sites excluding steroid dienone is 1. The third kappa shape index (κ3) is 7.10. The Labute approximate surface area is 252 Å². The number of halogens is 3. The molecule has 0 radical (unpaired) electrons. The molecule has 1 heterocycles. The summed E-state index contributed by atoms with van der Waals surface area (Å²) in [5.41, 5.74) is 5.31. The van der Waals surface area contributed by atoms with E-state index in [2.05, 4.69) is 11.8 Å². The van der Waals surface area contributed by atoms with Crippen molar-refractivity contribution in [2.24, 2.45) is 0 Å². The summed E-state index contributed by atoms with van der Waals surface area (Å²) in [4.78, 5) is 2.43. The quantitative estimate of drug-likeness (QED) is 0.217. The van der Waals surface area contributed by atoms with Crippen molar-refractivity contribution in [3.63, 3.8) is 0 Å². The highest BCUT2D eigenvalue weighted by Gasteiger charge is 2.42. The van der Waals surface area contributed by atoms with Gasteiger partial charge in [0.15, 0.2) is 0 Å². The van der Waals surface area contributed by atoms with E-state index >= 15 is 4.39 Å². The van der Waals surface area contributed by atoms with Gasteiger partial charge in [-0.1, -0.05) is 43.7 Å². The van der Waals surface area contributed by atoms with Crippen LogP contribution < -0.4 is 8.92 Å². The van der Waals surface area contributed by atoms with Crippen molar-refractivity contribution in [3.05, 3.63) is 94.3 Å². The first-order valence-electron chi connectivity index (χ1n) is 14.9.